The van der Waals surface area contributed by atoms with Gasteiger partial charge in [-0.05, 0) is 73.6 Å². The maximum absolute atomic E-state index is 15.2. The lowest BCUT2D eigenvalue weighted by molar-refractivity contribution is -0.142. The molecule has 1 saturated carbocycles. The minimum absolute atomic E-state index is 0.00210. The van der Waals surface area contributed by atoms with Gasteiger partial charge in [0.1, 0.15) is 17.3 Å². The van der Waals surface area contributed by atoms with E-state index in [0.717, 1.165) is 31.5 Å². The number of aromatic hydroxyl groups is 1. The Bertz CT molecular complexity index is 2570. The van der Waals surface area contributed by atoms with Crippen molar-refractivity contribution in [2.75, 3.05) is 11.4 Å². The fourth-order valence-corrected chi connectivity index (χ4v) is 11.3. The van der Waals surface area contributed by atoms with Crippen molar-refractivity contribution >= 4 is 79.2 Å². The number of nitrogens with zero attached hydrogens (tertiary/aromatic N) is 4. The van der Waals surface area contributed by atoms with E-state index in [2.05, 4.69) is 0 Å². The first-order chi connectivity index (χ1) is 26.3. The summed E-state index contributed by atoms with van der Waals surface area (Å²) in [5.74, 6) is -5.99. The molecule has 4 amide bonds. The highest BCUT2D eigenvalue weighted by molar-refractivity contribution is 7.22. The van der Waals surface area contributed by atoms with Gasteiger partial charge in [-0.3, -0.25) is 33.6 Å². The van der Waals surface area contributed by atoms with E-state index < -0.39 is 52.8 Å². The molecular weight excluding hydrogens is 740 g/mol. The quantitative estimate of drug-likeness (QED) is 0.130. The molecule has 6 unspecified atom stereocenters. The van der Waals surface area contributed by atoms with Crippen LogP contribution in [0.2, 0.25) is 5.02 Å². The standard InChI is InChI=1S/C42H37ClN4O7S/c1-20-27-17-22(43)11-15-31(27)55-37(20)30-19-32(45(3)44-30)47-39(52)29-18-28-24(13-14-25-34(28)40(53)46(38(25)51)16-6-9-33(48)49)35(42(29,2)41(47)54)26-12-10-21-7-4-5-8-23(21)36(26)50/h4-5,7-8,10-13,15,17,19,25,28-29,34-35,50H,6,9,14,16,18H2,1-3H3,(H,48,49). The van der Waals surface area contributed by atoms with Crippen molar-refractivity contribution in [3.8, 4) is 16.3 Å². The van der Waals surface area contributed by atoms with Gasteiger partial charge < -0.3 is 10.2 Å². The summed E-state index contributed by atoms with van der Waals surface area (Å²) in [6, 6.07) is 18.6. The fraction of sp³-hybridized carbons (Fsp3) is 0.333. The van der Waals surface area contributed by atoms with Crippen molar-refractivity contribution in [2.24, 2.45) is 36.1 Å². The number of fused-ring (bicyclic) bond motifs is 6. The topological polar surface area (TPSA) is 150 Å². The summed E-state index contributed by atoms with van der Waals surface area (Å²) in [5, 5.41) is 29.0. The number of imide groups is 2. The second-order valence-corrected chi connectivity index (χ2v) is 16.9. The highest BCUT2D eigenvalue weighted by atomic mass is 35.5. The lowest BCUT2D eigenvalue weighted by atomic mass is 9.51. The number of carbonyl (C=O) groups is 5. The van der Waals surface area contributed by atoms with Crippen LogP contribution in [0.1, 0.15) is 49.7 Å². The third-order valence-electron chi connectivity index (χ3n) is 12.6. The van der Waals surface area contributed by atoms with Crippen LogP contribution in [0.4, 0.5) is 5.82 Å². The molecule has 4 aliphatic rings. The van der Waals surface area contributed by atoms with Crippen molar-refractivity contribution in [2.45, 2.75) is 45.4 Å². The highest BCUT2D eigenvalue weighted by Gasteiger charge is 2.68. The van der Waals surface area contributed by atoms with E-state index in [4.69, 9.17) is 16.7 Å². The number of carboxylic acids is 1. The molecule has 0 bridgehead atoms. The third-order valence-corrected chi connectivity index (χ3v) is 14.1. The Labute approximate surface area is 324 Å². The van der Waals surface area contributed by atoms with Crippen LogP contribution in [-0.4, -0.2) is 61.0 Å². The van der Waals surface area contributed by atoms with Crippen LogP contribution in [0.5, 0.6) is 5.75 Å². The average Bonchev–Trinajstić information content (AvgIpc) is 3.82. The Morgan fingerprint density at radius 1 is 1.00 bits per heavy atom. The van der Waals surface area contributed by atoms with Crippen LogP contribution in [0.25, 0.3) is 31.4 Å². The van der Waals surface area contributed by atoms with Crippen LogP contribution in [-0.2, 0) is 31.0 Å². The lowest BCUT2D eigenvalue weighted by Crippen LogP contribution is -2.49. The zero-order chi connectivity index (χ0) is 38.7. The second-order valence-electron chi connectivity index (χ2n) is 15.4. The smallest absolute Gasteiger partial charge is 0.303 e. The zero-order valence-electron chi connectivity index (χ0n) is 30.3. The van der Waals surface area contributed by atoms with Gasteiger partial charge in [-0.2, -0.15) is 5.10 Å². The molecule has 3 fully saturated rings. The largest absolute Gasteiger partial charge is 0.507 e. The first-order valence-corrected chi connectivity index (χ1v) is 19.6. The molecule has 2 N–H and O–H groups in total. The number of aryl methyl sites for hydroxylation is 2. The summed E-state index contributed by atoms with van der Waals surface area (Å²) in [6.45, 7) is 3.78. The minimum Gasteiger partial charge on any atom is -0.507 e. The Balaban J connectivity index is 1.16. The number of phenolic OH excluding ortho intramolecular Hbond substituents is 1. The van der Waals surface area contributed by atoms with Gasteiger partial charge in [0.2, 0.25) is 23.6 Å². The molecule has 2 saturated heterocycles. The fourth-order valence-electron chi connectivity index (χ4n) is 9.97. The van der Waals surface area contributed by atoms with E-state index in [0.29, 0.717) is 27.5 Å². The maximum Gasteiger partial charge on any atom is 0.303 e. The van der Waals surface area contributed by atoms with Crippen LogP contribution in [0, 0.1) is 36.0 Å². The molecule has 2 aliphatic carbocycles. The number of thiophene rings is 1. The first-order valence-electron chi connectivity index (χ1n) is 18.4. The normalized spacial score (nSPS) is 26.2. The van der Waals surface area contributed by atoms with E-state index >= 15 is 4.79 Å². The van der Waals surface area contributed by atoms with Crippen molar-refractivity contribution in [3.63, 3.8) is 0 Å². The summed E-state index contributed by atoms with van der Waals surface area (Å²) < 4.78 is 2.57. The summed E-state index contributed by atoms with van der Waals surface area (Å²) in [4.78, 5) is 72.5. The molecule has 11 nitrogen and oxygen atoms in total. The van der Waals surface area contributed by atoms with Crippen LogP contribution < -0.4 is 4.90 Å². The Hall–Kier alpha value is -5.33. The summed E-state index contributed by atoms with van der Waals surface area (Å²) in [7, 11) is 1.70. The van der Waals surface area contributed by atoms with Gasteiger partial charge in [0.05, 0.1) is 28.0 Å². The number of allylic oxidation sites excluding steroid dienone is 2. The molecule has 6 atom stereocenters. The van der Waals surface area contributed by atoms with Crippen molar-refractivity contribution < 1.29 is 34.2 Å². The molecule has 2 aliphatic heterocycles. The summed E-state index contributed by atoms with van der Waals surface area (Å²) in [5.41, 5.74) is 1.45. The number of hydrogen-bond acceptors (Lipinski definition) is 8. The van der Waals surface area contributed by atoms with E-state index in [1.807, 2.05) is 61.5 Å². The summed E-state index contributed by atoms with van der Waals surface area (Å²) >= 11 is 7.86. The molecule has 0 spiro atoms. The van der Waals surface area contributed by atoms with Gasteiger partial charge >= 0.3 is 5.97 Å². The first kappa shape index (κ1) is 35.4. The number of rotatable bonds is 7. The molecule has 55 heavy (non-hydrogen) atoms. The van der Waals surface area contributed by atoms with Crippen LogP contribution >= 0.6 is 22.9 Å². The lowest BCUT2D eigenvalue weighted by Gasteiger charge is -2.49. The van der Waals surface area contributed by atoms with Crippen molar-refractivity contribution in [1.29, 1.82) is 0 Å². The number of likely N-dealkylation sites (tertiary alicyclic amines) is 1. The molecule has 9 rings (SSSR count). The van der Waals surface area contributed by atoms with Gasteiger partial charge in [-0.15, -0.1) is 11.3 Å². The number of carbonyl (C=O) groups excluding carboxylic acids is 4. The number of amides is 4. The highest BCUT2D eigenvalue weighted by Crippen LogP contribution is 2.64. The zero-order valence-corrected chi connectivity index (χ0v) is 31.9. The van der Waals surface area contributed by atoms with Gasteiger partial charge in [0.15, 0.2) is 0 Å². The van der Waals surface area contributed by atoms with Gasteiger partial charge in [-0.1, -0.05) is 59.6 Å². The molecule has 3 aromatic carbocycles. The number of hydrogen-bond donors (Lipinski definition) is 2. The molecule has 4 heterocycles. The Morgan fingerprint density at radius 3 is 2.56 bits per heavy atom. The van der Waals surface area contributed by atoms with Crippen molar-refractivity contribution in [3.05, 3.63) is 88.5 Å². The van der Waals surface area contributed by atoms with E-state index in [-0.39, 0.29) is 49.8 Å². The maximum atomic E-state index is 15.2. The molecular formula is C42H37ClN4O7S. The van der Waals surface area contributed by atoms with E-state index in [9.17, 15) is 29.4 Å². The second kappa shape index (κ2) is 12.6. The molecule has 13 heteroatoms. The number of benzene rings is 3. The number of halogens is 1. The van der Waals surface area contributed by atoms with Gasteiger partial charge in [0, 0.05) is 52.7 Å². The SMILES string of the molecule is Cc1c(-c2cc(N3C(=O)C4CC5C(=CCC6C(=O)N(CCCC(=O)O)C(=O)C65)C(c5ccc6ccccc6c5O)C4(C)C3=O)n(C)n2)sc2ccc(Cl)cc12. The van der Waals surface area contributed by atoms with Crippen LogP contribution in [0.3, 0.4) is 0 Å². The summed E-state index contributed by atoms with van der Waals surface area (Å²) in [6.07, 6.45) is 2.30. The molecule has 280 valence electrons. The monoisotopic (exact) mass is 776 g/mol. The van der Waals surface area contributed by atoms with Gasteiger partial charge in [0.25, 0.3) is 0 Å². The van der Waals surface area contributed by atoms with Gasteiger partial charge in [-0.25, -0.2) is 4.90 Å². The number of phenols is 1. The van der Waals surface area contributed by atoms with E-state index in [1.54, 1.807) is 42.1 Å². The van der Waals surface area contributed by atoms with Crippen LogP contribution in [0.15, 0.2) is 72.3 Å². The number of carboxylic acid groups (broad SMARTS) is 1. The van der Waals surface area contributed by atoms with Crippen molar-refractivity contribution in [1.82, 2.24) is 14.7 Å². The minimum atomic E-state index is -1.37. The predicted molar refractivity (Wildman–Crippen MR) is 208 cm³/mol. The predicted octanol–water partition coefficient (Wildman–Crippen LogP) is 7.22. The Kier molecular flexibility index (Phi) is 8.11. The average molecular weight is 777 g/mol. The Morgan fingerprint density at radius 2 is 1.78 bits per heavy atom. The molecule has 0 radical (unpaired) electrons. The molecule has 2 aromatic heterocycles. The number of aromatic nitrogens is 2. The third kappa shape index (κ3) is 5.07. The number of aliphatic carboxylic acids is 1. The number of anilines is 1. The molecule has 5 aromatic rings. The van der Waals surface area contributed by atoms with E-state index in [1.165, 1.54) is 9.80 Å².